The second kappa shape index (κ2) is 7.90. The molecule has 0 aliphatic heterocycles. The van der Waals surface area contributed by atoms with Crippen LogP contribution in [0, 0.1) is 0 Å². The Labute approximate surface area is 142 Å². The summed E-state index contributed by atoms with van der Waals surface area (Å²) in [5.74, 6) is 0.633. The Kier molecular flexibility index (Phi) is 6.18. The van der Waals surface area contributed by atoms with Gasteiger partial charge < -0.3 is 15.2 Å². The van der Waals surface area contributed by atoms with Crippen LogP contribution in [0.15, 0.2) is 46.9 Å². The Morgan fingerprint density at radius 3 is 2.71 bits per heavy atom. The molecule has 0 aliphatic carbocycles. The van der Waals surface area contributed by atoms with E-state index in [0.29, 0.717) is 22.3 Å². The third-order valence-electron chi connectivity index (χ3n) is 2.70. The molecular weight excluding hydrogens is 377 g/mol. The molecular formula is C15H14BrCl2NO2. The van der Waals surface area contributed by atoms with Crippen molar-refractivity contribution in [3.8, 4) is 5.75 Å². The second-order valence-electron chi connectivity index (χ2n) is 4.43. The van der Waals surface area contributed by atoms with Crippen LogP contribution in [-0.2, 0) is 0 Å². The molecule has 0 amide bonds. The summed E-state index contributed by atoms with van der Waals surface area (Å²) in [4.78, 5) is 0. The summed E-state index contributed by atoms with van der Waals surface area (Å²) in [5.41, 5.74) is 0.838. The minimum Gasteiger partial charge on any atom is -0.491 e. The lowest BCUT2D eigenvalue weighted by Gasteiger charge is -2.14. The SMILES string of the molecule is OC(CNc1ccc(Br)c(Cl)c1)COc1cccc(Cl)c1. The van der Waals surface area contributed by atoms with E-state index in [2.05, 4.69) is 21.2 Å². The molecule has 2 rings (SSSR count). The molecule has 0 bridgehead atoms. The number of aliphatic hydroxyl groups excluding tert-OH is 1. The average Bonchev–Trinajstić information content (AvgIpc) is 2.46. The fraction of sp³-hybridized carbons (Fsp3) is 0.200. The van der Waals surface area contributed by atoms with Crippen LogP contribution in [0.3, 0.4) is 0 Å². The maximum atomic E-state index is 9.90. The Balaban J connectivity index is 1.79. The fourth-order valence-corrected chi connectivity index (χ4v) is 2.26. The van der Waals surface area contributed by atoms with Gasteiger partial charge in [0, 0.05) is 21.7 Å². The number of nitrogens with one attached hydrogen (secondary N) is 1. The molecule has 0 saturated heterocycles. The van der Waals surface area contributed by atoms with E-state index in [4.69, 9.17) is 27.9 Å². The molecule has 0 aromatic heterocycles. The normalized spacial score (nSPS) is 12.0. The van der Waals surface area contributed by atoms with E-state index in [1.54, 1.807) is 30.3 Å². The van der Waals surface area contributed by atoms with Gasteiger partial charge in [-0.25, -0.2) is 0 Å². The van der Waals surface area contributed by atoms with Gasteiger partial charge in [0.2, 0.25) is 0 Å². The van der Waals surface area contributed by atoms with Gasteiger partial charge in [0.25, 0.3) is 0 Å². The predicted octanol–water partition coefficient (Wildman–Crippen LogP) is 4.61. The highest BCUT2D eigenvalue weighted by molar-refractivity contribution is 9.10. The highest BCUT2D eigenvalue weighted by Gasteiger charge is 2.06. The van der Waals surface area contributed by atoms with Crippen LogP contribution in [0.2, 0.25) is 10.0 Å². The Morgan fingerprint density at radius 2 is 2.00 bits per heavy atom. The van der Waals surface area contributed by atoms with E-state index in [9.17, 15) is 5.11 Å². The highest BCUT2D eigenvalue weighted by Crippen LogP contribution is 2.25. The molecule has 0 heterocycles. The smallest absolute Gasteiger partial charge is 0.120 e. The molecule has 1 atom stereocenters. The quantitative estimate of drug-likeness (QED) is 0.756. The van der Waals surface area contributed by atoms with E-state index in [0.717, 1.165) is 10.2 Å². The zero-order valence-electron chi connectivity index (χ0n) is 11.0. The first-order valence-electron chi connectivity index (χ1n) is 6.30. The van der Waals surface area contributed by atoms with Crippen LogP contribution in [0.4, 0.5) is 5.69 Å². The van der Waals surface area contributed by atoms with Crippen LogP contribution in [0.1, 0.15) is 0 Å². The lowest BCUT2D eigenvalue weighted by atomic mass is 10.3. The molecule has 1 unspecified atom stereocenters. The zero-order valence-corrected chi connectivity index (χ0v) is 14.1. The van der Waals surface area contributed by atoms with Crippen molar-refractivity contribution in [1.29, 1.82) is 0 Å². The maximum absolute atomic E-state index is 9.90. The Morgan fingerprint density at radius 1 is 1.19 bits per heavy atom. The van der Waals surface area contributed by atoms with Crippen LogP contribution in [0.25, 0.3) is 0 Å². The van der Waals surface area contributed by atoms with E-state index in [1.807, 2.05) is 12.1 Å². The van der Waals surface area contributed by atoms with Gasteiger partial charge in [-0.05, 0) is 52.3 Å². The van der Waals surface area contributed by atoms with Crippen molar-refractivity contribution in [2.45, 2.75) is 6.10 Å². The summed E-state index contributed by atoms with van der Waals surface area (Å²) in [6.45, 7) is 0.538. The van der Waals surface area contributed by atoms with Gasteiger partial charge >= 0.3 is 0 Å². The number of hydrogen-bond donors (Lipinski definition) is 2. The number of hydrogen-bond acceptors (Lipinski definition) is 3. The first-order chi connectivity index (χ1) is 10.0. The molecule has 0 saturated carbocycles. The lowest BCUT2D eigenvalue weighted by molar-refractivity contribution is 0.117. The van der Waals surface area contributed by atoms with Crippen molar-refractivity contribution in [1.82, 2.24) is 0 Å². The monoisotopic (exact) mass is 389 g/mol. The van der Waals surface area contributed by atoms with Crippen LogP contribution in [0.5, 0.6) is 5.75 Å². The number of anilines is 1. The molecule has 112 valence electrons. The molecule has 0 aliphatic rings. The van der Waals surface area contributed by atoms with Crippen molar-refractivity contribution in [3.05, 3.63) is 57.0 Å². The van der Waals surface area contributed by atoms with Crippen molar-refractivity contribution < 1.29 is 9.84 Å². The minimum absolute atomic E-state index is 0.178. The Bertz CT molecular complexity index is 610. The van der Waals surface area contributed by atoms with Crippen LogP contribution >= 0.6 is 39.1 Å². The summed E-state index contributed by atoms with van der Waals surface area (Å²) >= 11 is 15.2. The lowest BCUT2D eigenvalue weighted by Crippen LogP contribution is -2.26. The topological polar surface area (TPSA) is 41.5 Å². The standard InChI is InChI=1S/C15H14BrCl2NO2/c16-14-5-4-11(7-15(14)18)19-8-12(20)9-21-13-3-1-2-10(17)6-13/h1-7,12,19-20H,8-9H2. The van der Waals surface area contributed by atoms with Gasteiger partial charge in [-0.2, -0.15) is 0 Å². The molecule has 6 heteroatoms. The van der Waals surface area contributed by atoms with E-state index in [1.165, 1.54) is 0 Å². The largest absolute Gasteiger partial charge is 0.491 e. The van der Waals surface area contributed by atoms with Gasteiger partial charge in [-0.3, -0.25) is 0 Å². The summed E-state index contributed by atoms with van der Waals surface area (Å²) in [5, 5.41) is 14.2. The summed E-state index contributed by atoms with van der Waals surface area (Å²) < 4.78 is 6.30. The molecule has 2 aromatic carbocycles. The van der Waals surface area contributed by atoms with Gasteiger partial charge in [0.05, 0.1) is 5.02 Å². The molecule has 0 radical (unpaired) electrons. The third-order valence-corrected chi connectivity index (χ3v) is 4.17. The summed E-state index contributed by atoms with van der Waals surface area (Å²) in [6.07, 6.45) is -0.647. The van der Waals surface area contributed by atoms with Crippen molar-refractivity contribution in [2.75, 3.05) is 18.5 Å². The average molecular weight is 391 g/mol. The number of aliphatic hydroxyl groups is 1. The van der Waals surface area contributed by atoms with Gasteiger partial charge in [0.15, 0.2) is 0 Å². The number of benzene rings is 2. The zero-order chi connectivity index (χ0) is 15.2. The summed E-state index contributed by atoms with van der Waals surface area (Å²) in [6, 6.07) is 12.6. The van der Waals surface area contributed by atoms with E-state index >= 15 is 0 Å². The summed E-state index contributed by atoms with van der Waals surface area (Å²) in [7, 11) is 0. The third kappa shape index (κ3) is 5.40. The number of rotatable bonds is 6. The molecule has 3 nitrogen and oxygen atoms in total. The molecule has 0 fully saturated rings. The van der Waals surface area contributed by atoms with E-state index in [-0.39, 0.29) is 6.61 Å². The van der Waals surface area contributed by atoms with Crippen molar-refractivity contribution >= 4 is 44.8 Å². The van der Waals surface area contributed by atoms with Gasteiger partial charge in [-0.1, -0.05) is 29.3 Å². The molecule has 0 spiro atoms. The first-order valence-corrected chi connectivity index (χ1v) is 7.85. The van der Waals surface area contributed by atoms with Crippen LogP contribution < -0.4 is 10.1 Å². The van der Waals surface area contributed by atoms with Gasteiger partial charge in [-0.15, -0.1) is 0 Å². The predicted molar refractivity (Wildman–Crippen MR) is 90.6 cm³/mol. The highest BCUT2D eigenvalue weighted by atomic mass is 79.9. The number of halogens is 3. The van der Waals surface area contributed by atoms with E-state index < -0.39 is 6.10 Å². The number of ether oxygens (including phenoxy) is 1. The maximum Gasteiger partial charge on any atom is 0.120 e. The van der Waals surface area contributed by atoms with Crippen molar-refractivity contribution in [2.24, 2.45) is 0 Å². The first kappa shape index (κ1) is 16.4. The molecule has 2 aromatic rings. The fourth-order valence-electron chi connectivity index (χ4n) is 1.65. The minimum atomic E-state index is -0.647. The van der Waals surface area contributed by atoms with Crippen LogP contribution in [-0.4, -0.2) is 24.4 Å². The van der Waals surface area contributed by atoms with Crippen molar-refractivity contribution in [3.63, 3.8) is 0 Å². The van der Waals surface area contributed by atoms with Gasteiger partial charge in [0.1, 0.15) is 18.5 Å². The molecule has 21 heavy (non-hydrogen) atoms. The molecule has 2 N–H and O–H groups in total. The Hall–Kier alpha value is -0.940. The second-order valence-corrected chi connectivity index (χ2v) is 6.13.